The molecular weight excluding hydrogens is 372 g/mol. The molecule has 29 heavy (non-hydrogen) atoms. The monoisotopic (exact) mass is 399 g/mol. The zero-order valence-corrected chi connectivity index (χ0v) is 16.8. The topological polar surface area (TPSA) is 89.7 Å². The number of quaternary nitrogens is 1. The maximum absolute atomic E-state index is 12.5. The highest BCUT2D eigenvalue weighted by atomic mass is 16.3. The van der Waals surface area contributed by atoms with Gasteiger partial charge in [0.15, 0.2) is 11.2 Å². The number of fused-ring (bicyclic) bond motifs is 1. The molecule has 2 N–H and O–H groups in total. The summed E-state index contributed by atoms with van der Waals surface area (Å²) in [7, 11) is 3.04. The van der Waals surface area contributed by atoms with E-state index in [0.717, 1.165) is 30.7 Å². The van der Waals surface area contributed by atoms with Crippen LogP contribution in [0.4, 0.5) is 5.69 Å². The van der Waals surface area contributed by atoms with E-state index in [4.69, 9.17) is 0 Å². The summed E-state index contributed by atoms with van der Waals surface area (Å²) in [6, 6.07) is 10.4. The molecule has 0 amide bonds. The minimum atomic E-state index is -0.604. The highest BCUT2D eigenvalue weighted by molar-refractivity contribution is 5.69. The number of aryl methyl sites for hydroxylation is 1. The third-order valence-corrected chi connectivity index (χ3v) is 5.74. The molecule has 0 saturated carbocycles. The molecule has 1 aromatic carbocycles. The van der Waals surface area contributed by atoms with Gasteiger partial charge in [-0.15, -0.1) is 0 Å². The zero-order chi connectivity index (χ0) is 20.5. The Bertz CT molecular complexity index is 1110. The Morgan fingerprint density at radius 3 is 2.48 bits per heavy atom. The van der Waals surface area contributed by atoms with Gasteiger partial charge in [-0.25, -0.2) is 9.78 Å². The third-order valence-electron chi connectivity index (χ3n) is 5.74. The average molecular weight is 399 g/mol. The van der Waals surface area contributed by atoms with E-state index in [1.807, 2.05) is 18.2 Å². The second kappa shape index (κ2) is 7.84. The number of anilines is 1. The van der Waals surface area contributed by atoms with Crippen molar-refractivity contribution in [2.24, 2.45) is 14.1 Å². The number of hydrogen-bond acceptors (Lipinski definition) is 5. The first-order valence-electron chi connectivity index (χ1n) is 9.88. The van der Waals surface area contributed by atoms with E-state index in [9.17, 15) is 14.7 Å². The first kappa shape index (κ1) is 19.4. The van der Waals surface area contributed by atoms with E-state index >= 15 is 0 Å². The Morgan fingerprint density at radius 1 is 1.10 bits per heavy atom. The molecule has 3 aromatic rings. The maximum Gasteiger partial charge on any atom is 0.332 e. The van der Waals surface area contributed by atoms with Crippen LogP contribution in [-0.2, 0) is 20.6 Å². The Balaban J connectivity index is 1.42. The smallest absolute Gasteiger partial charge is 0.332 e. The summed E-state index contributed by atoms with van der Waals surface area (Å²) in [6.45, 7) is 4.68. The Labute approximate surface area is 168 Å². The molecule has 9 heteroatoms. The van der Waals surface area contributed by atoms with E-state index in [-0.39, 0.29) is 6.54 Å². The van der Waals surface area contributed by atoms with Gasteiger partial charge in [0.05, 0.1) is 39.1 Å². The Morgan fingerprint density at radius 2 is 1.79 bits per heavy atom. The van der Waals surface area contributed by atoms with Crippen molar-refractivity contribution in [2.75, 3.05) is 37.6 Å². The highest BCUT2D eigenvalue weighted by Crippen LogP contribution is 2.12. The van der Waals surface area contributed by atoms with Crippen LogP contribution in [0.1, 0.15) is 0 Å². The van der Waals surface area contributed by atoms with Crippen molar-refractivity contribution in [2.45, 2.75) is 12.6 Å². The zero-order valence-electron chi connectivity index (χ0n) is 16.8. The van der Waals surface area contributed by atoms with Gasteiger partial charge in [0, 0.05) is 19.8 Å². The van der Waals surface area contributed by atoms with Crippen LogP contribution in [0.2, 0.25) is 0 Å². The van der Waals surface area contributed by atoms with Crippen molar-refractivity contribution in [3.63, 3.8) is 0 Å². The summed E-state index contributed by atoms with van der Waals surface area (Å²) in [6.07, 6.45) is 0.921. The molecule has 1 aliphatic heterocycles. The fourth-order valence-corrected chi connectivity index (χ4v) is 4.08. The molecule has 154 valence electrons. The standard InChI is InChI=1S/C20H26N6O3/c1-22-18-17(19(28)23(2)20(22)29)26(14-21-18)13-16(27)12-24-8-10-25(11-9-24)15-6-4-3-5-7-15/h3-7,14,16,27H,8-13H2,1-2H3/p+1/t16-/m1/s1. The summed E-state index contributed by atoms with van der Waals surface area (Å²) in [5.41, 5.74) is 1.12. The normalized spacial score (nSPS) is 16.4. The summed E-state index contributed by atoms with van der Waals surface area (Å²) in [4.78, 5) is 32.5. The van der Waals surface area contributed by atoms with Crippen LogP contribution in [0.5, 0.6) is 0 Å². The number of piperazine rings is 1. The van der Waals surface area contributed by atoms with Crippen LogP contribution >= 0.6 is 0 Å². The van der Waals surface area contributed by atoms with E-state index in [2.05, 4.69) is 22.0 Å². The molecule has 1 fully saturated rings. The number of benzene rings is 1. The van der Waals surface area contributed by atoms with Crippen LogP contribution in [0.15, 0.2) is 46.2 Å². The van der Waals surface area contributed by atoms with E-state index in [0.29, 0.717) is 17.7 Å². The minimum Gasteiger partial charge on any atom is -0.385 e. The SMILES string of the molecule is Cn1c(=O)c2c(ncn2C[C@H](O)C[NH+]2CCN(c3ccccc3)CC2)n(C)c1=O. The summed E-state index contributed by atoms with van der Waals surface area (Å²) in [5.74, 6) is 0. The molecule has 4 rings (SSSR count). The van der Waals surface area contributed by atoms with Crippen LogP contribution in [-0.4, -0.2) is 62.6 Å². The lowest BCUT2D eigenvalue weighted by molar-refractivity contribution is -0.903. The number of aromatic nitrogens is 4. The van der Waals surface area contributed by atoms with Crippen molar-refractivity contribution in [3.05, 3.63) is 57.5 Å². The van der Waals surface area contributed by atoms with E-state index < -0.39 is 17.4 Å². The van der Waals surface area contributed by atoms with E-state index in [1.165, 1.54) is 28.5 Å². The predicted molar refractivity (Wildman–Crippen MR) is 110 cm³/mol. The van der Waals surface area contributed by atoms with Crippen molar-refractivity contribution in [3.8, 4) is 0 Å². The lowest BCUT2D eigenvalue weighted by atomic mass is 10.2. The van der Waals surface area contributed by atoms with Crippen LogP contribution in [0, 0.1) is 0 Å². The quantitative estimate of drug-likeness (QED) is 0.529. The first-order valence-corrected chi connectivity index (χ1v) is 9.88. The lowest BCUT2D eigenvalue weighted by Gasteiger charge is -2.34. The van der Waals surface area contributed by atoms with Gasteiger partial charge >= 0.3 is 5.69 Å². The number of rotatable bonds is 5. The molecule has 0 bridgehead atoms. The van der Waals surface area contributed by atoms with Crippen LogP contribution in [0.3, 0.4) is 0 Å². The number of aliphatic hydroxyl groups excluding tert-OH is 1. The van der Waals surface area contributed by atoms with Gasteiger partial charge in [0.2, 0.25) is 0 Å². The lowest BCUT2D eigenvalue weighted by Crippen LogP contribution is -3.15. The highest BCUT2D eigenvalue weighted by Gasteiger charge is 2.23. The second-order valence-corrected chi connectivity index (χ2v) is 7.71. The van der Waals surface area contributed by atoms with Gasteiger partial charge in [-0.05, 0) is 12.1 Å². The van der Waals surface area contributed by atoms with Crippen molar-refractivity contribution in [1.29, 1.82) is 0 Å². The molecule has 1 aliphatic rings. The van der Waals surface area contributed by atoms with Crippen LogP contribution in [0.25, 0.3) is 11.2 Å². The third kappa shape index (κ3) is 3.70. The summed E-state index contributed by atoms with van der Waals surface area (Å²) >= 11 is 0. The number of nitrogens with one attached hydrogen (secondary N) is 1. The number of hydrogen-bond donors (Lipinski definition) is 2. The minimum absolute atomic E-state index is 0.274. The van der Waals surface area contributed by atoms with Crippen molar-refractivity contribution >= 4 is 16.9 Å². The van der Waals surface area contributed by atoms with Crippen LogP contribution < -0.4 is 21.0 Å². The fraction of sp³-hybridized carbons (Fsp3) is 0.450. The van der Waals surface area contributed by atoms with Crippen molar-refractivity contribution in [1.82, 2.24) is 18.7 Å². The predicted octanol–water partition coefficient (Wildman–Crippen LogP) is -1.80. The molecule has 1 saturated heterocycles. The molecule has 2 aromatic heterocycles. The number of nitrogens with zero attached hydrogens (tertiary/aromatic N) is 5. The van der Waals surface area contributed by atoms with Gasteiger partial charge in [0.1, 0.15) is 12.6 Å². The fourth-order valence-electron chi connectivity index (χ4n) is 4.08. The van der Waals surface area contributed by atoms with Gasteiger partial charge in [-0.3, -0.25) is 13.9 Å². The van der Waals surface area contributed by atoms with Gasteiger partial charge < -0.3 is 19.5 Å². The summed E-state index contributed by atoms with van der Waals surface area (Å²) < 4.78 is 4.08. The van der Waals surface area contributed by atoms with Crippen molar-refractivity contribution < 1.29 is 10.0 Å². The molecule has 9 nitrogen and oxygen atoms in total. The number of aliphatic hydroxyl groups is 1. The Hall–Kier alpha value is -2.91. The molecular formula is C20H27N6O3+. The van der Waals surface area contributed by atoms with Gasteiger partial charge in [-0.2, -0.15) is 0 Å². The average Bonchev–Trinajstić information content (AvgIpc) is 3.15. The maximum atomic E-state index is 12.5. The van der Waals surface area contributed by atoms with E-state index in [1.54, 1.807) is 11.6 Å². The van der Waals surface area contributed by atoms with Gasteiger partial charge in [0.25, 0.3) is 5.56 Å². The van der Waals surface area contributed by atoms with Gasteiger partial charge in [-0.1, -0.05) is 18.2 Å². The number of imidazole rings is 1. The molecule has 0 unspecified atom stereocenters. The molecule has 3 heterocycles. The second-order valence-electron chi connectivity index (χ2n) is 7.71. The molecule has 0 aliphatic carbocycles. The molecule has 0 radical (unpaired) electrons. The molecule has 1 atom stereocenters. The summed E-state index contributed by atoms with van der Waals surface area (Å²) in [5, 5.41) is 10.6. The largest absolute Gasteiger partial charge is 0.385 e. The number of para-hydroxylation sites is 1. The molecule has 0 spiro atoms. The Kier molecular flexibility index (Phi) is 5.25. The first-order chi connectivity index (χ1) is 14.0.